The number of amides is 1. The van der Waals surface area contributed by atoms with Crippen LogP contribution in [0.15, 0.2) is 39.7 Å². The molecule has 3 N–H and O–H groups in total. The first kappa shape index (κ1) is 18.5. The molecule has 2 heterocycles. The average Bonchev–Trinajstić information content (AvgIpc) is 3.11. The molecule has 0 saturated heterocycles. The number of rotatable bonds is 10. The predicted molar refractivity (Wildman–Crippen MR) is 92.4 cm³/mol. The smallest absolute Gasteiger partial charge is 0.303 e. The highest BCUT2D eigenvalue weighted by Crippen LogP contribution is 2.15. The molecule has 0 spiro atoms. The average molecular weight is 346 g/mol. The molecule has 134 valence electrons. The van der Waals surface area contributed by atoms with Crippen LogP contribution in [0.5, 0.6) is 0 Å². The van der Waals surface area contributed by atoms with Crippen LogP contribution in [0.2, 0.25) is 0 Å². The highest BCUT2D eigenvalue weighted by atomic mass is 16.4. The van der Waals surface area contributed by atoms with E-state index >= 15 is 0 Å². The van der Waals surface area contributed by atoms with Crippen molar-refractivity contribution < 1.29 is 19.1 Å². The van der Waals surface area contributed by atoms with Crippen LogP contribution in [-0.4, -0.2) is 28.5 Å². The summed E-state index contributed by atoms with van der Waals surface area (Å²) in [6, 6.07) is 6.56. The van der Waals surface area contributed by atoms with Gasteiger partial charge in [-0.1, -0.05) is 19.3 Å². The van der Waals surface area contributed by atoms with Gasteiger partial charge < -0.3 is 19.8 Å². The number of carbonyl (C=O) groups excluding carboxylic acids is 1. The van der Waals surface area contributed by atoms with E-state index in [1.54, 1.807) is 18.2 Å². The number of nitrogens with one attached hydrogen (secondary N) is 2. The first-order chi connectivity index (χ1) is 12.1. The fourth-order valence-electron chi connectivity index (χ4n) is 2.46. The molecule has 0 aliphatic rings. The molecule has 0 bridgehead atoms. The van der Waals surface area contributed by atoms with Crippen LogP contribution in [0.25, 0.3) is 11.5 Å². The van der Waals surface area contributed by atoms with E-state index in [4.69, 9.17) is 9.52 Å². The van der Waals surface area contributed by atoms with Gasteiger partial charge in [-0.3, -0.25) is 14.4 Å². The summed E-state index contributed by atoms with van der Waals surface area (Å²) in [7, 11) is 0. The zero-order valence-corrected chi connectivity index (χ0v) is 13.9. The molecule has 2 aromatic rings. The van der Waals surface area contributed by atoms with Gasteiger partial charge in [-0.05, 0) is 37.1 Å². The van der Waals surface area contributed by atoms with Crippen molar-refractivity contribution in [1.29, 1.82) is 0 Å². The van der Waals surface area contributed by atoms with Gasteiger partial charge in [0, 0.05) is 13.0 Å². The van der Waals surface area contributed by atoms with Crippen molar-refractivity contribution in [2.75, 3.05) is 6.54 Å². The Balaban J connectivity index is 1.72. The zero-order valence-electron chi connectivity index (χ0n) is 13.9. The maximum absolute atomic E-state index is 12.1. The number of aliphatic carboxylic acids is 1. The molecule has 0 aliphatic heterocycles. The lowest BCUT2D eigenvalue weighted by molar-refractivity contribution is -0.137. The van der Waals surface area contributed by atoms with Crippen molar-refractivity contribution in [3.05, 3.63) is 46.4 Å². The predicted octanol–water partition coefficient (Wildman–Crippen LogP) is 2.79. The van der Waals surface area contributed by atoms with E-state index < -0.39 is 17.4 Å². The Labute approximate surface area is 145 Å². The second-order valence-electron chi connectivity index (χ2n) is 5.76. The Morgan fingerprint density at radius 1 is 1.08 bits per heavy atom. The highest BCUT2D eigenvalue weighted by molar-refractivity contribution is 5.93. The van der Waals surface area contributed by atoms with Crippen LogP contribution in [0.1, 0.15) is 48.9 Å². The van der Waals surface area contributed by atoms with Gasteiger partial charge >= 0.3 is 5.97 Å². The minimum atomic E-state index is -0.768. The first-order valence-corrected chi connectivity index (χ1v) is 8.35. The van der Waals surface area contributed by atoms with Crippen LogP contribution in [0.3, 0.4) is 0 Å². The lowest BCUT2D eigenvalue weighted by Gasteiger charge is -2.05. The van der Waals surface area contributed by atoms with Gasteiger partial charge in [0.05, 0.1) is 12.0 Å². The number of hydrogen-bond acceptors (Lipinski definition) is 4. The highest BCUT2D eigenvalue weighted by Gasteiger charge is 2.11. The summed E-state index contributed by atoms with van der Waals surface area (Å²) >= 11 is 0. The number of carboxylic acids is 1. The Kier molecular flexibility index (Phi) is 7.00. The second-order valence-corrected chi connectivity index (χ2v) is 5.76. The standard InChI is InChI=1S/C18H22N2O5/c21-16(22)8-4-2-1-3-5-11-19-17(23)13-9-10-14(20-18(13)24)15-7-6-12-25-15/h6-7,9-10,12H,1-5,8,11H2,(H,19,23)(H,20,24)(H,21,22). The molecule has 0 unspecified atom stereocenters. The van der Waals surface area contributed by atoms with Gasteiger partial charge in [0.2, 0.25) is 0 Å². The quantitative estimate of drug-likeness (QED) is 0.573. The van der Waals surface area contributed by atoms with Gasteiger partial charge in [-0.25, -0.2) is 0 Å². The molecular formula is C18H22N2O5. The maximum atomic E-state index is 12.1. The Bertz CT molecular complexity index is 749. The summed E-state index contributed by atoms with van der Waals surface area (Å²) in [6.45, 7) is 0.483. The molecule has 0 fully saturated rings. The number of furan rings is 1. The zero-order chi connectivity index (χ0) is 18.1. The Hall–Kier alpha value is -2.83. The van der Waals surface area contributed by atoms with Crippen LogP contribution >= 0.6 is 0 Å². The summed E-state index contributed by atoms with van der Waals surface area (Å²) in [4.78, 5) is 37.1. The Morgan fingerprint density at radius 2 is 1.84 bits per heavy atom. The molecule has 1 amide bonds. The fourth-order valence-corrected chi connectivity index (χ4v) is 2.46. The van der Waals surface area contributed by atoms with E-state index in [-0.39, 0.29) is 12.0 Å². The van der Waals surface area contributed by atoms with E-state index in [0.29, 0.717) is 24.4 Å². The van der Waals surface area contributed by atoms with Crippen LogP contribution < -0.4 is 10.9 Å². The van der Waals surface area contributed by atoms with Gasteiger partial charge in [0.1, 0.15) is 11.3 Å². The second kappa shape index (κ2) is 9.46. The Morgan fingerprint density at radius 3 is 2.52 bits per heavy atom. The van der Waals surface area contributed by atoms with Crippen molar-refractivity contribution in [3.63, 3.8) is 0 Å². The fraction of sp³-hybridized carbons (Fsp3) is 0.389. The molecule has 0 aliphatic carbocycles. The maximum Gasteiger partial charge on any atom is 0.303 e. The summed E-state index contributed by atoms with van der Waals surface area (Å²) in [6.07, 6.45) is 5.90. The lowest BCUT2D eigenvalue weighted by atomic mass is 10.1. The van der Waals surface area contributed by atoms with Crippen molar-refractivity contribution in [1.82, 2.24) is 10.3 Å². The summed E-state index contributed by atoms with van der Waals surface area (Å²) in [5.74, 6) is -0.638. The van der Waals surface area contributed by atoms with Crippen molar-refractivity contribution in [2.45, 2.75) is 38.5 Å². The van der Waals surface area contributed by atoms with Crippen molar-refractivity contribution in [3.8, 4) is 11.5 Å². The minimum Gasteiger partial charge on any atom is -0.481 e. The summed E-state index contributed by atoms with van der Waals surface area (Å²) in [5.41, 5.74) is 0.129. The molecule has 0 saturated carbocycles. The van der Waals surface area contributed by atoms with Crippen LogP contribution in [-0.2, 0) is 4.79 Å². The van der Waals surface area contributed by atoms with Crippen LogP contribution in [0, 0.1) is 0 Å². The molecule has 7 heteroatoms. The van der Waals surface area contributed by atoms with Gasteiger partial charge in [-0.2, -0.15) is 0 Å². The van der Waals surface area contributed by atoms with E-state index in [1.165, 1.54) is 12.3 Å². The minimum absolute atomic E-state index is 0.0664. The van der Waals surface area contributed by atoms with E-state index in [2.05, 4.69) is 10.3 Å². The molecule has 0 atom stereocenters. The summed E-state index contributed by atoms with van der Waals surface area (Å²) < 4.78 is 5.20. The first-order valence-electron chi connectivity index (χ1n) is 8.35. The molecule has 2 rings (SSSR count). The summed E-state index contributed by atoms with van der Waals surface area (Å²) in [5, 5.41) is 11.3. The largest absolute Gasteiger partial charge is 0.481 e. The molecular weight excluding hydrogens is 324 g/mol. The number of unbranched alkanes of at least 4 members (excludes halogenated alkanes) is 4. The number of aromatic nitrogens is 1. The normalized spacial score (nSPS) is 10.6. The van der Waals surface area contributed by atoms with E-state index in [0.717, 1.165) is 25.7 Å². The van der Waals surface area contributed by atoms with E-state index in [1.807, 2.05) is 0 Å². The molecule has 2 aromatic heterocycles. The number of hydrogen-bond donors (Lipinski definition) is 3. The number of aromatic amines is 1. The van der Waals surface area contributed by atoms with Gasteiger partial charge in [-0.15, -0.1) is 0 Å². The monoisotopic (exact) mass is 346 g/mol. The topological polar surface area (TPSA) is 112 Å². The number of carboxylic acid groups (broad SMARTS) is 1. The third kappa shape index (κ3) is 5.95. The van der Waals surface area contributed by atoms with Crippen molar-refractivity contribution in [2.24, 2.45) is 0 Å². The molecule has 0 radical (unpaired) electrons. The SMILES string of the molecule is O=C(O)CCCCCCCNC(=O)c1ccc(-c2ccco2)[nH]c1=O. The molecule has 0 aromatic carbocycles. The lowest BCUT2D eigenvalue weighted by Crippen LogP contribution is -2.30. The van der Waals surface area contributed by atoms with Crippen molar-refractivity contribution >= 4 is 11.9 Å². The van der Waals surface area contributed by atoms with Crippen LogP contribution in [0.4, 0.5) is 0 Å². The number of carbonyl (C=O) groups is 2. The number of pyridine rings is 1. The van der Waals surface area contributed by atoms with Gasteiger partial charge in [0.25, 0.3) is 11.5 Å². The third-order valence-corrected chi connectivity index (χ3v) is 3.79. The molecule has 7 nitrogen and oxygen atoms in total. The van der Waals surface area contributed by atoms with Gasteiger partial charge in [0.15, 0.2) is 0 Å². The molecule has 25 heavy (non-hydrogen) atoms. The number of H-pyrrole nitrogens is 1. The van der Waals surface area contributed by atoms with E-state index in [9.17, 15) is 14.4 Å². The third-order valence-electron chi connectivity index (χ3n) is 3.79.